The van der Waals surface area contributed by atoms with Gasteiger partial charge >= 0.3 is 0 Å². The van der Waals surface area contributed by atoms with Crippen LogP contribution >= 0.6 is 0 Å². The lowest BCUT2D eigenvalue weighted by Crippen LogP contribution is -2.35. The monoisotopic (exact) mass is 272 g/mol. The second-order valence-electron chi connectivity index (χ2n) is 4.71. The Morgan fingerprint density at radius 3 is 2.67 bits per heavy atom. The first kappa shape index (κ1) is 13.6. The summed E-state index contributed by atoms with van der Waals surface area (Å²) in [5.41, 5.74) is 0. The molecule has 0 bridgehead atoms. The van der Waals surface area contributed by atoms with E-state index in [-0.39, 0.29) is 11.1 Å². The minimum absolute atomic E-state index is 0.0123. The number of hydrogen-bond donors (Lipinski definition) is 2. The third kappa shape index (κ3) is 3.34. The molecule has 0 radical (unpaired) electrons. The molecule has 5 nitrogen and oxygen atoms in total. The van der Waals surface area contributed by atoms with Crippen molar-refractivity contribution in [3.8, 4) is 0 Å². The zero-order valence-corrected chi connectivity index (χ0v) is 11.4. The molecule has 1 aliphatic rings. The van der Waals surface area contributed by atoms with E-state index in [2.05, 4.69) is 10.0 Å². The first-order valence-corrected chi connectivity index (χ1v) is 7.86. The van der Waals surface area contributed by atoms with Crippen molar-refractivity contribution in [2.75, 3.05) is 7.05 Å². The molecular weight excluding hydrogens is 252 g/mol. The van der Waals surface area contributed by atoms with Gasteiger partial charge in [0.15, 0.2) is 0 Å². The molecule has 1 aliphatic carbocycles. The highest BCUT2D eigenvalue weighted by Crippen LogP contribution is 2.20. The molecule has 0 spiro atoms. The summed E-state index contributed by atoms with van der Waals surface area (Å²) in [5.74, 6) is 0.626. The average Bonchev–Trinajstić information content (AvgIpc) is 2.80. The maximum Gasteiger partial charge on any atom is 0.274 e. The maximum absolute atomic E-state index is 12.1. The summed E-state index contributed by atoms with van der Waals surface area (Å²) in [6.07, 6.45) is 5.23. The second-order valence-corrected chi connectivity index (χ2v) is 6.35. The maximum atomic E-state index is 12.1. The molecule has 1 saturated carbocycles. The smallest absolute Gasteiger partial charge is 0.274 e. The molecule has 2 rings (SSSR count). The van der Waals surface area contributed by atoms with E-state index in [1.807, 2.05) is 0 Å². The van der Waals surface area contributed by atoms with Gasteiger partial charge < -0.3 is 9.73 Å². The van der Waals surface area contributed by atoms with Crippen molar-refractivity contribution in [3.05, 3.63) is 17.9 Å². The molecule has 0 atom stereocenters. The summed E-state index contributed by atoms with van der Waals surface area (Å²) >= 11 is 0. The van der Waals surface area contributed by atoms with Crippen molar-refractivity contribution < 1.29 is 12.8 Å². The van der Waals surface area contributed by atoms with E-state index >= 15 is 0 Å². The van der Waals surface area contributed by atoms with E-state index in [1.54, 1.807) is 13.1 Å². The molecule has 2 N–H and O–H groups in total. The lowest BCUT2D eigenvalue weighted by Gasteiger charge is -2.21. The summed E-state index contributed by atoms with van der Waals surface area (Å²) < 4.78 is 32.2. The molecule has 1 heterocycles. The predicted molar refractivity (Wildman–Crippen MR) is 68.7 cm³/mol. The summed E-state index contributed by atoms with van der Waals surface area (Å²) in [4.78, 5) is 0. The lowest BCUT2D eigenvalue weighted by molar-refractivity contribution is 0.385. The van der Waals surface area contributed by atoms with E-state index < -0.39 is 10.0 Å². The molecule has 0 aliphatic heterocycles. The van der Waals surface area contributed by atoms with Crippen LogP contribution in [0.5, 0.6) is 0 Å². The van der Waals surface area contributed by atoms with Crippen molar-refractivity contribution in [2.24, 2.45) is 0 Å². The fraction of sp³-hybridized carbons (Fsp3) is 0.667. The van der Waals surface area contributed by atoms with Gasteiger partial charge in [0.05, 0.1) is 6.54 Å². The Morgan fingerprint density at radius 1 is 1.28 bits per heavy atom. The third-order valence-corrected chi connectivity index (χ3v) is 4.57. The van der Waals surface area contributed by atoms with Gasteiger partial charge in [-0.2, -0.15) is 0 Å². The average molecular weight is 272 g/mol. The molecule has 1 fully saturated rings. The molecule has 1 aromatic heterocycles. The second kappa shape index (κ2) is 5.86. The van der Waals surface area contributed by atoms with E-state index in [4.69, 9.17) is 4.42 Å². The van der Waals surface area contributed by atoms with Crippen molar-refractivity contribution in [2.45, 2.75) is 49.8 Å². The van der Waals surface area contributed by atoms with Gasteiger partial charge in [0, 0.05) is 6.04 Å². The van der Waals surface area contributed by atoms with Crippen LogP contribution in [0.3, 0.4) is 0 Å². The number of nitrogens with one attached hydrogen (secondary N) is 2. The van der Waals surface area contributed by atoms with Crippen molar-refractivity contribution in [1.82, 2.24) is 10.0 Å². The normalized spacial score (nSPS) is 18.1. The first-order valence-electron chi connectivity index (χ1n) is 6.37. The van der Waals surface area contributed by atoms with E-state index in [0.29, 0.717) is 12.3 Å². The van der Waals surface area contributed by atoms with Crippen LogP contribution in [-0.2, 0) is 16.6 Å². The van der Waals surface area contributed by atoms with Gasteiger partial charge in [-0.3, -0.25) is 0 Å². The molecule has 6 heteroatoms. The third-order valence-electron chi connectivity index (χ3n) is 3.18. The van der Waals surface area contributed by atoms with E-state index in [1.165, 1.54) is 12.5 Å². The topological polar surface area (TPSA) is 71.3 Å². The fourth-order valence-corrected chi connectivity index (χ4v) is 3.52. The van der Waals surface area contributed by atoms with Gasteiger partial charge in [-0.1, -0.05) is 19.3 Å². The summed E-state index contributed by atoms with van der Waals surface area (Å²) in [7, 11) is -1.71. The Labute approximate surface area is 108 Å². The Bertz CT molecular complexity index is 475. The van der Waals surface area contributed by atoms with Gasteiger partial charge in [0.1, 0.15) is 5.76 Å². The van der Waals surface area contributed by atoms with Gasteiger partial charge in [0.2, 0.25) is 5.09 Å². The largest absolute Gasteiger partial charge is 0.447 e. The first-order chi connectivity index (χ1) is 8.62. The van der Waals surface area contributed by atoms with E-state index in [0.717, 1.165) is 25.7 Å². The van der Waals surface area contributed by atoms with Crippen LogP contribution in [0.15, 0.2) is 21.6 Å². The van der Waals surface area contributed by atoms with Crippen LogP contribution in [0.2, 0.25) is 0 Å². The summed E-state index contributed by atoms with van der Waals surface area (Å²) in [6.45, 7) is 0.527. The molecule has 1 aromatic rings. The molecule has 18 heavy (non-hydrogen) atoms. The standard InChI is InChI=1S/C12H20N2O3S/c1-13-9-11-7-8-12(17-11)18(15,16)14-10-5-3-2-4-6-10/h7-8,10,13-14H,2-6,9H2,1H3. The Balaban J connectivity index is 2.04. The minimum Gasteiger partial charge on any atom is -0.447 e. The molecule has 0 aromatic carbocycles. The molecule has 0 amide bonds. The molecular formula is C12H20N2O3S. The van der Waals surface area contributed by atoms with Crippen LogP contribution in [0.4, 0.5) is 0 Å². The highest BCUT2D eigenvalue weighted by atomic mass is 32.2. The van der Waals surface area contributed by atoms with Gasteiger partial charge in [0.25, 0.3) is 10.0 Å². The SMILES string of the molecule is CNCc1ccc(S(=O)(=O)NC2CCCCC2)o1. The number of furan rings is 1. The van der Waals surface area contributed by atoms with Crippen LogP contribution in [0.25, 0.3) is 0 Å². The molecule has 0 unspecified atom stereocenters. The number of hydrogen-bond acceptors (Lipinski definition) is 4. The molecule has 0 saturated heterocycles. The van der Waals surface area contributed by atoms with Crippen LogP contribution in [-0.4, -0.2) is 21.5 Å². The van der Waals surface area contributed by atoms with Gasteiger partial charge in [-0.15, -0.1) is 0 Å². The Morgan fingerprint density at radius 2 is 2.00 bits per heavy atom. The predicted octanol–water partition coefficient (Wildman–Crippen LogP) is 1.61. The molecule has 102 valence electrons. The van der Waals surface area contributed by atoms with Crippen LogP contribution < -0.4 is 10.0 Å². The van der Waals surface area contributed by atoms with E-state index in [9.17, 15) is 8.42 Å². The Hall–Kier alpha value is -0.850. The fourth-order valence-electron chi connectivity index (χ4n) is 2.27. The van der Waals surface area contributed by atoms with Gasteiger partial charge in [-0.05, 0) is 32.0 Å². The quantitative estimate of drug-likeness (QED) is 0.854. The minimum atomic E-state index is -3.50. The van der Waals surface area contributed by atoms with Gasteiger partial charge in [-0.25, -0.2) is 13.1 Å². The number of sulfonamides is 1. The Kier molecular flexibility index (Phi) is 4.42. The van der Waals surface area contributed by atoms with Crippen LogP contribution in [0.1, 0.15) is 37.9 Å². The zero-order valence-electron chi connectivity index (χ0n) is 10.6. The van der Waals surface area contributed by atoms with Crippen molar-refractivity contribution in [1.29, 1.82) is 0 Å². The van der Waals surface area contributed by atoms with Crippen molar-refractivity contribution >= 4 is 10.0 Å². The zero-order chi connectivity index (χ0) is 13.0. The highest BCUT2D eigenvalue weighted by molar-refractivity contribution is 7.89. The summed E-state index contributed by atoms with van der Waals surface area (Å²) in [5, 5.41) is 2.93. The van der Waals surface area contributed by atoms with Crippen LogP contribution in [0, 0.1) is 0 Å². The lowest BCUT2D eigenvalue weighted by atomic mass is 9.96. The highest BCUT2D eigenvalue weighted by Gasteiger charge is 2.24. The van der Waals surface area contributed by atoms with Crippen molar-refractivity contribution in [3.63, 3.8) is 0 Å². The summed E-state index contributed by atoms with van der Waals surface area (Å²) in [6, 6.07) is 3.26. The number of rotatable bonds is 5.